The lowest BCUT2D eigenvalue weighted by Gasteiger charge is -2.27. The quantitative estimate of drug-likeness (QED) is 0.173. The van der Waals surface area contributed by atoms with Gasteiger partial charge in [0.25, 0.3) is 0 Å². The number of carbonyl (C=O) groups excluding carboxylic acids is 3. The lowest BCUT2D eigenvalue weighted by molar-refractivity contribution is -0.142. The highest BCUT2D eigenvalue weighted by molar-refractivity contribution is 5.94. The summed E-state index contributed by atoms with van der Waals surface area (Å²) in [4.78, 5) is 51.1. The molecule has 10 heteroatoms. The summed E-state index contributed by atoms with van der Waals surface area (Å²) in [7, 11) is 0. The lowest BCUT2D eigenvalue weighted by Crippen LogP contribution is -2.58. The average molecular weight is 540 g/mol. The van der Waals surface area contributed by atoms with E-state index in [4.69, 9.17) is 11.5 Å². The first-order chi connectivity index (χ1) is 18.6. The van der Waals surface area contributed by atoms with Crippen LogP contribution in [0.4, 0.5) is 0 Å². The molecule has 0 aliphatic carbocycles. The van der Waals surface area contributed by atoms with Gasteiger partial charge in [0, 0.05) is 6.42 Å². The van der Waals surface area contributed by atoms with E-state index in [1.165, 1.54) is 0 Å². The van der Waals surface area contributed by atoms with E-state index in [1.807, 2.05) is 36.4 Å². The van der Waals surface area contributed by atoms with Crippen molar-refractivity contribution in [2.75, 3.05) is 6.54 Å². The third-order valence-electron chi connectivity index (χ3n) is 6.36. The van der Waals surface area contributed by atoms with Crippen LogP contribution >= 0.6 is 0 Å². The largest absolute Gasteiger partial charge is 0.480 e. The number of carboxylic acid groups (broad SMARTS) is 1. The number of benzene rings is 2. The fourth-order valence-corrected chi connectivity index (χ4v) is 4.10. The average Bonchev–Trinajstić information content (AvgIpc) is 2.91. The minimum atomic E-state index is -1.18. The van der Waals surface area contributed by atoms with Gasteiger partial charge in [0.05, 0.1) is 6.04 Å². The second kappa shape index (κ2) is 16.3. The maximum absolute atomic E-state index is 13.3. The zero-order valence-electron chi connectivity index (χ0n) is 22.6. The van der Waals surface area contributed by atoms with Gasteiger partial charge in [-0.1, -0.05) is 74.5 Å². The van der Waals surface area contributed by atoms with Crippen molar-refractivity contribution >= 4 is 23.7 Å². The molecule has 212 valence electrons. The van der Waals surface area contributed by atoms with Crippen molar-refractivity contribution in [1.82, 2.24) is 16.0 Å². The van der Waals surface area contributed by atoms with E-state index in [0.29, 0.717) is 32.2 Å². The van der Waals surface area contributed by atoms with Gasteiger partial charge in [0.1, 0.15) is 18.1 Å². The molecule has 4 unspecified atom stereocenters. The van der Waals surface area contributed by atoms with Crippen LogP contribution in [0.5, 0.6) is 0 Å². The molecule has 0 aliphatic rings. The van der Waals surface area contributed by atoms with E-state index in [1.54, 1.807) is 38.1 Å². The fourth-order valence-electron chi connectivity index (χ4n) is 4.10. The number of rotatable bonds is 16. The molecule has 39 heavy (non-hydrogen) atoms. The molecule has 0 fully saturated rings. The summed E-state index contributed by atoms with van der Waals surface area (Å²) in [5.74, 6) is -3.17. The maximum Gasteiger partial charge on any atom is 0.326 e. The molecule has 0 spiro atoms. The maximum atomic E-state index is 13.3. The molecule has 0 heterocycles. The predicted molar refractivity (Wildman–Crippen MR) is 149 cm³/mol. The van der Waals surface area contributed by atoms with Gasteiger partial charge >= 0.3 is 5.97 Å². The number of carboxylic acids is 1. The predicted octanol–water partition coefficient (Wildman–Crippen LogP) is 1.12. The summed E-state index contributed by atoms with van der Waals surface area (Å²) < 4.78 is 0. The van der Waals surface area contributed by atoms with Gasteiger partial charge in [-0.15, -0.1) is 0 Å². The van der Waals surface area contributed by atoms with Crippen LogP contribution in [-0.4, -0.2) is 59.5 Å². The number of hydrogen-bond acceptors (Lipinski definition) is 6. The smallest absolute Gasteiger partial charge is 0.326 e. The second-order valence-electron chi connectivity index (χ2n) is 9.96. The Labute approximate surface area is 229 Å². The monoisotopic (exact) mass is 539 g/mol. The van der Waals surface area contributed by atoms with Crippen molar-refractivity contribution in [3.8, 4) is 0 Å². The van der Waals surface area contributed by atoms with Crippen molar-refractivity contribution in [2.24, 2.45) is 17.4 Å². The summed E-state index contributed by atoms with van der Waals surface area (Å²) in [6, 6.07) is 14.3. The third-order valence-corrected chi connectivity index (χ3v) is 6.36. The van der Waals surface area contributed by atoms with Crippen LogP contribution in [0.15, 0.2) is 60.7 Å². The molecule has 0 radical (unpaired) electrons. The zero-order valence-corrected chi connectivity index (χ0v) is 22.6. The van der Waals surface area contributed by atoms with Gasteiger partial charge in [-0.25, -0.2) is 4.79 Å². The van der Waals surface area contributed by atoms with Gasteiger partial charge in [-0.2, -0.15) is 0 Å². The van der Waals surface area contributed by atoms with Crippen LogP contribution in [0.3, 0.4) is 0 Å². The Morgan fingerprint density at radius 1 is 0.744 bits per heavy atom. The second-order valence-corrected chi connectivity index (χ2v) is 9.96. The summed E-state index contributed by atoms with van der Waals surface area (Å²) in [5, 5.41) is 17.7. The molecule has 10 nitrogen and oxygen atoms in total. The summed E-state index contributed by atoms with van der Waals surface area (Å²) in [6.07, 6.45) is 1.95. The van der Waals surface area contributed by atoms with E-state index in [9.17, 15) is 24.3 Å². The van der Waals surface area contributed by atoms with Crippen LogP contribution in [0.2, 0.25) is 0 Å². The Bertz CT molecular complexity index is 1060. The van der Waals surface area contributed by atoms with Crippen molar-refractivity contribution in [3.63, 3.8) is 0 Å². The molecule has 0 saturated heterocycles. The normalized spacial score (nSPS) is 14.1. The van der Waals surface area contributed by atoms with Crippen LogP contribution in [0, 0.1) is 5.92 Å². The molecule has 0 aliphatic heterocycles. The molecule has 4 atom stereocenters. The van der Waals surface area contributed by atoms with Crippen LogP contribution in [0.25, 0.3) is 0 Å². The van der Waals surface area contributed by atoms with Crippen LogP contribution in [0.1, 0.15) is 44.2 Å². The SMILES string of the molecule is CC(C)C(NC(=O)C(CCCCN)NC(=O)C(N)Cc1ccccc1)C(=O)NC(Cc1ccccc1)C(=O)O. The van der Waals surface area contributed by atoms with Crippen molar-refractivity contribution in [1.29, 1.82) is 0 Å². The summed E-state index contributed by atoms with van der Waals surface area (Å²) in [6.45, 7) is 3.93. The molecule has 3 amide bonds. The number of unbranched alkanes of at least 4 members (excludes halogenated alkanes) is 1. The molecule has 0 bridgehead atoms. The van der Waals surface area contributed by atoms with E-state index >= 15 is 0 Å². The van der Waals surface area contributed by atoms with E-state index in [-0.39, 0.29) is 12.3 Å². The van der Waals surface area contributed by atoms with Crippen LogP contribution < -0.4 is 27.4 Å². The van der Waals surface area contributed by atoms with Gasteiger partial charge in [-0.05, 0) is 49.3 Å². The molecule has 8 N–H and O–H groups in total. The number of hydrogen-bond donors (Lipinski definition) is 6. The zero-order chi connectivity index (χ0) is 28.8. The number of nitrogens with two attached hydrogens (primary N) is 2. The Morgan fingerprint density at radius 3 is 1.79 bits per heavy atom. The molecule has 2 aromatic carbocycles. The van der Waals surface area contributed by atoms with Crippen molar-refractivity contribution in [2.45, 2.75) is 70.1 Å². The first kappa shape index (κ1) is 31.5. The van der Waals surface area contributed by atoms with E-state index in [2.05, 4.69) is 16.0 Å². The Hall–Kier alpha value is -3.76. The molecule has 0 saturated carbocycles. The molecular weight excluding hydrogens is 498 g/mol. The lowest BCUT2D eigenvalue weighted by atomic mass is 10.00. The summed E-state index contributed by atoms with van der Waals surface area (Å²) in [5.41, 5.74) is 13.4. The van der Waals surface area contributed by atoms with Gasteiger partial charge in [0.15, 0.2) is 0 Å². The van der Waals surface area contributed by atoms with Gasteiger partial charge in [-0.3, -0.25) is 14.4 Å². The Kier molecular flexibility index (Phi) is 13.1. The van der Waals surface area contributed by atoms with Gasteiger partial charge < -0.3 is 32.5 Å². The highest BCUT2D eigenvalue weighted by Crippen LogP contribution is 2.09. The summed E-state index contributed by atoms with van der Waals surface area (Å²) >= 11 is 0. The number of nitrogens with one attached hydrogen (secondary N) is 3. The highest BCUT2D eigenvalue weighted by atomic mass is 16.4. The minimum Gasteiger partial charge on any atom is -0.480 e. The van der Waals surface area contributed by atoms with Crippen molar-refractivity contribution in [3.05, 3.63) is 71.8 Å². The number of carbonyl (C=O) groups is 4. The molecule has 2 aromatic rings. The minimum absolute atomic E-state index is 0.0950. The Morgan fingerprint density at radius 2 is 1.28 bits per heavy atom. The van der Waals surface area contributed by atoms with E-state index < -0.39 is 47.9 Å². The van der Waals surface area contributed by atoms with Crippen molar-refractivity contribution < 1.29 is 24.3 Å². The standard InChI is InChI=1S/C29H41N5O5/c1-19(2)25(28(37)33-24(29(38)39)18-21-13-7-4-8-14-21)34-27(36)23(15-9-10-16-30)32-26(35)22(31)17-20-11-5-3-6-12-20/h3-8,11-14,19,22-25H,9-10,15-18,30-31H2,1-2H3,(H,32,35)(H,33,37)(H,34,36)(H,38,39). The highest BCUT2D eigenvalue weighted by Gasteiger charge is 2.32. The van der Waals surface area contributed by atoms with Gasteiger partial charge in [0.2, 0.25) is 17.7 Å². The third kappa shape index (κ3) is 10.9. The first-order valence-electron chi connectivity index (χ1n) is 13.3. The first-order valence-corrected chi connectivity index (χ1v) is 13.3. The molecule has 0 aromatic heterocycles. The topological polar surface area (TPSA) is 177 Å². The fraction of sp³-hybridized carbons (Fsp3) is 0.448. The van der Waals surface area contributed by atoms with E-state index in [0.717, 1.165) is 11.1 Å². The molecule has 2 rings (SSSR count). The van der Waals surface area contributed by atoms with Crippen LogP contribution in [-0.2, 0) is 32.0 Å². The Balaban J connectivity index is 2.09. The number of aliphatic carboxylic acids is 1. The number of amides is 3. The molecular formula is C29H41N5O5.